The van der Waals surface area contributed by atoms with Crippen molar-refractivity contribution in [1.82, 2.24) is 9.97 Å². The lowest BCUT2D eigenvalue weighted by Crippen LogP contribution is -2.06. The fourth-order valence-electron chi connectivity index (χ4n) is 2.25. The number of fused-ring (bicyclic) bond motifs is 1. The van der Waals surface area contributed by atoms with Gasteiger partial charge in [0.25, 0.3) is 0 Å². The number of halogens is 5. The molecule has 0 fully saturated rings. The Kier molecular flexibility index (Phi) is 6.64. The number of nitrogens with one attached hydrogen (secondary N) is 1. The molecule has 0 amide bonds. The number of aromatic nitrogens is 2. The Morgan fingerprint density at radius 1 is 0.846 bits per heavy atom. The summed E-state index contributed by atoms with van der Waals surface area (Å²) in [5.74, 6) is -6.10. The van der Waals surface area contributed by atoms with Gasteiger partial charge in [-0.3, -0.25) is 0 Å². The van der Waals surface area contributed by atoms with Crippen molar-refractivity contribution in [2.24, 2.45) is 0 Å². The van der Waals surface area contributed by atoms with Crippen LogP contribution in [-0.2, 0) is 0 Å². The van der Waals surface area contributed by atoms with Gasteiger partial charge < -0.3 is 16.3 Å². The molecule has 26 heavy (non-hydrogen) atoms. The Morgan fingerprint density at radius 2 is 1.38 bits per heavy atom. The highest BCUT2D eigenvalue weighted by atomic mass is 79.9. The van der Waals surface area contributed by atoms with Crippen molar-refractivity contribution >= 4 is 38.3 Å². The molecule has 0 spiro atoms. The number of rotatable bonds is 2. The van der Waals surface area contributed by atoms with E-state index in [-0.39, 0.29) is 16.8 Å². The van der Waals surface area contributed by atoms with Gasteiger partial charge in [-0.05, 0) is 53.0 Å². The molecule has 3 aromatic rings. The zero-order valence-electron chi connectivity index (χ0n) is 13.5. The third-order valence-corrected chi connectivity index (χ3v) is 4.40. The van der Waals surface area contributed by atoms with E-state index >= 15 is 0 Å². The lowest BCUT2D eigenvalue weighted by Gasteiger charge is -2.13. The summed E-state index contributed by atoms with van der Waals surface area (Å²) >= 11 is 2.47. The molecule has 0 aliphatic rings. The molecule has 0 radical (unpaired) electrons. The summed E-state index contributed by atoms with van der Waals surface area (Å²) in [6, 6.07) is 3.52. The van der Waals surface area contributed by atoms with Crippen molar-refractivity contribution in [2.75, 3.05) is 5.32 Å². The Labute approximate surface area is 153 Å². The molecule has 1 heterocycles. The smallest absolute Gasteiger partial charge is 0.186 e. The van der Waals surface area contributed by atoms with Gasteiger partial charge >= 0.3 is 0 Å². The van der Waals surface area contributed by atoms with Crippen LogP contribution in [0, 0.1) is 37.1 Å². The van der Waals surface area contributed by atoms with E-state index in [0.29, 0.717) is 10.9 Å². The van der Waals surface area contributed by atoms with E-state index in [0.717, 1.165) is 11.1 Å². The van der Waals surface area contributed by atoms with Crippen LogP contribution in [0.3, 0.4) is 0 Å². The quantitative estimate of drug-likeness (QED) is 0.377. The average Bonchev–Trinajstić information content (AvgIpc) is 2.56. The molecule has 140 valence electrons. The van der Waals surface area contributed by atoms with Crippen LogP contribution in [0.25, 0.3) is 10.9 Å². The molecule has 0 atom stereocenters. The van der Waals surface area contributed by atoms with E-state index in [9.17, 15) is 17.6 Å². The highest BCUT2D eigenvalue weighted by Crippen LogP contribution is 2.34. The molecule has 5 N–H and O–H groups in total. The number of benzene rings is 2. The van der Waals surface area contributed by atoms with Crippen molar-refractivity contribution in [3.8, 4) is 0 Å². The first-order valence-corrected chi connectivity index (χ1v) is 7.61. The number of aryl methyl sites for hydroxylation is 2. The lowest BCUT2D eigenvalue weighted by atomic mass is 10.1. The van der Waals surface area contributed by atoms with E-state index in [1.54, 1.807) is 12.1 Å². The topological polar surface area (TPSA) is 101 Å². The van der Waals surface area contributed by atoms with Gasteiger partial charge in [0.1, 0.15) is 17.8 Å². The molecule has 0 aliphatic carbocycles. The molecule has 0 aliphatic heterocycles. The number of anilines is 2. The third-order valence-electron chi connectivity index (χ3n) is 3.70. The number of hydrogen-bond donors (Lipinski definition) is 1. The SMILES string of the molecule is Cc1cc2ncnc(Nc3c(F)c(F)c(Br)c(F)c3F)c2cc1C.O.O. The minimum absolute atomic E-state index is 0. The number of nitrogens with zero attached hydrogens (tertiary/aromatic N) is 2. The lowest BCUT2D eigenvalue weighted by molar-refractivity contribution is 0.452. The molecular weight excluding hydrogens is 422 g/mol. The van der Waals surface area contributed by atoms with Gasteiger partial charge in [0.15, 0.2) is 23.3 Å². The fourth-order valence-corrected chi connectivity index (χ4v) is 2.60. The zero-order valence-corrected chi connectivity index (χ0v) is 15.1. The van der Waals surface area contributed by atoms with Crippen molar-refractivity contribution in [3.63, 3.8) is 0 Å². The van der Waals surface area contributed by atoms with Crippen LogP contribution in [0.15, 0.2) is 22.9 Å². The fraction of sp³-hybridized carbons (Fsp3) is 0.125. The normalized spacial score (nSPS) is 10.3. The highest BCUT2D eigenvalue weighted by Gasteiger charge is 2.25. The van der Waals surface area contributed by atoms with Gasteiger partial charge in [-0.25, -0.2) is 27.5 Å². The van der Waals surface area contributed by atoms with Gasteiger partial charge in [0.05, 0.1) is 9.99 Å². The molecule has 0 saturated heterocycles. The van der Waals surface area contributed by atoms with Crippen LogP contribution in [-0.4, -0.2) is 20.9 Å². The van der Waals surface area contributed by atoms with Gasteiger partial charge in [-0.15, -0.1) is 0 Å². The minimum Gasteiger partial charge on any atom is -0.412 e. The van der Waals surface area contributed by atoms with Gasteiger partial charge in [-0.2, -0.15) is 0 Å². The second-order valence-corrected chi connectivity index (χ2v) is 6.04. The third kappa shape index (κ3) is 3.48. The molecule has 0 bridgehead atoms. The summed E-state index contributed by atoms with van der Waals surface area (Å²) in [4.78, 5) is 8.01. The monoisotopic (exact) mass is 435 g/mol. The maximum absolute atomic E-state index is 14.0. The molecule has 2 aromatic carbocycles. The summed E-state index contributed by atoms with van der Waals surface area (Å²) in [6.45, 7) is 3.74. The zero-order chi connectivity index (χ0) is 17.6. The van der Waals surface area contributed by atoms with Crippen LogP contribution < -0.4 is 5.32 Å². The maximum atomic E-state index is 14.0. The Bertz CT molecular complexity index is 957. The van der Waals surface area contributed by atoms with Crippen LogP contribution in [0.1, 0.15) is 11.1 Å². The van der Waals surface area contributed by atoms with Crippen LogP contribution in [0.5, 0.6) is 0 Å². The van der Waals surface area contributed by atoms with Gasteiger partial charge in [0.2, 0.25) is 0 Å². The number of hydrogen-bond acceptors (Lipinski definition) is 3. The summed E-state index contributed by atoms with van der Waals surface area (Å²) in [6.07, 6.45) is 1.20. The van der Waals surface area contributed by atoms with Crippen molar-refractivity contribution < 1.29 is 28.5 Å². The second kappa shape index (κ2) is 7.94. The van der Waals surface area contributed by atoms with E-state index in [1.807, 2.05) is 13.8 Å². The van der Waals surface area contributed by atoms with E-state index in [1.165, 1.54) is 6.33 Å². The summed E-state index contributed by atoms with van der Waals surface area (Å²) in [5.41, 5.74) is 1.47. The molecular formula is C16H14BrF4N3O2. The van der Waals surface area contributed by atoms with Crippen molar-refractivity contribution in [2.45, 2.75) is 13.8 Å². The first-order valence-electron chi connectivity index (χ1n) is 6.81. The van der Waals surface area contributed by atoms with Crippen molar-refractivity contribution in [3.05, 3.63) is 57.3 Å². The first kappa shape index (κ1) is 21.7. The molecule has 1 aromatic heterocycles. The summed E-state index contributed by atoms with van der Waals surface area (Å²) in [5, 5.41) is 2.81. The second-order valence-electron chi connectivity index (χ2n) is 5.25. The molecule has 0 saturated carbocycles. The molecule has 0 unspecified atom stereocenters. The summed E-state index contributed by atoms with van der Waals surface area (Å²) < 4.78 is 54.5. The Balaban J connectivity index is 0.00000169. The predicted octanol–water partition coefficient (Wildman–Crippen LogP) is 3.66. The van der Waals surface area contributed by atoms with Crippen molar-refractivity contribution in [1.29, 1.82) is 0 Å². The van der Waals surface area contributed by atoms with Crippen LogP contribution >= 0.6 is 15.9 Å². The van der Waals surface area contributed by atoms with Gasteiger partial charge in [-0.1, -0.05) is 0 Å². The summed E-state index contributed by atoms with van der Waals surface area (Å²) in [7, 11) is 0. The highest BCUT2D eigenvalue weighted by molar-refractivity contribution is 9.10. The van der Waals surface area contributed by atoms with Crippen LogP contribution in [0.4, 0.5) is 29.1 Å². The van der Waals surface area contributed by atoms with Gasteiger partial charge in [0, 0.05) is 5.39 Å². The first-order chi connectivity index (χ1) is 11.3. The van der Waals surface area contributed by atoms with E-state index in [4.69, 9.17) is 0 Å². The average molecular weight is 436 g/mol. The minimum atomic E-state index is -1.55. The predicted molar refractivity (Wildman–Crippen MR) is 93.5 cm³/mol. The standard InChI is InChI=1S/C16H10BrF4N3.2H2O/c1-6-3-8-9(4-7(6)2)22-5-23-16(8)24-15-13(20)11(18)10(17)12(19)14(15)21;;/h3-5H,1-2H3,(H,22,23,24);2*1H2. The Morgan fingerprint density at radius 3 is 1.96 bits per heavy atom. The largest absolute Gasteiger partial charge is 0.412 e. The maximum Gasteiger partial charge on any atom is 0.186 e. The van der Waals surface area contributed by atoms with E-state index < -0.39 is 33.4 Å². The Hall–Kier alpha value is -2.30. The molecule has 3 rings (SSSR count). The van der Waals surface area contributed by atoms with E-state index in [2.05, 4.69) is 31.2 Å². The van der Waals surface area contributed by atoms with Crippen LogP contribution in [0.2, 0.25) is 0 Å². The molecule has 10 heteroatoms. The molecule has 5 nitrogen and oxygen atoms in total.